The summed E-state index contributed by atoms with van der Waals surface area (Å²) < 4.78 is 36.9. The van der Waals surface area contributed by atoms with Gasteiger partial charge in [-0.25, -0.2) is 4.79 Å². The SMILES string of the molecule is COC(=O)c1sc2cc(Cl)ccc2c1S(=O)(=O)O. The smallest absolute Gasteiger partial charge is 0.349 e. The molecule has 1 aromatic carbocycles. The number of fused-ring (bicyclic) bond motifs is 1. The topological polar surface area (TPSA) is 80.7 Å². The molecule has 1 aromatic heterocycles. The number of ether oxygens (including phenoxy) is 1. The lowest BCUT2D eigenvalue weighted by Crippen LogP contribution is -2.06. The molecule has 0 aliphatic heterocycles. The molecule has 0 fully saturated rings. The Bertz CT molecular complexity index is 732. The van der Waals surface area contributed by atoms with Crippen LogP contribution in [-0.2, 0) is 14.9 Å². The van der Waals surface area contributed by atoms with E-state index < -0.39 is 21.0 Å². The largest absolute Gasteiger partial charge is 0.465 e. The Morgan fingerprint density at radius 3 is 2.67 bits per heavy atom. The summed E-state index contributed by atoms with van der Waals surface area (Å²) in [6.07, 6.45) is 0. The number of methoxy groups -OCH3 is 1. The van der Waals surface area contributed by atoms with E-state index >= 15 is 0 Å². The van der Waals surface area contributed by atoms with Crippen molar-refractivity contribution in [3.8, 4) is 0 Å². The molecule has 0 aliphatic rings. The maximum absolute atomic E-state index is 11.5. The highest BCUT2D eigenvalue weighted by Gasteiger charge is 2.27. The van der Waals surface area contributed by atoms with Crippen molar-refractivity contribution in [3.63, 3.8) is 0 Å². The lowest BCUT2D eigenvalue weighted by atomic mass is 10.2. The fourth-order valence-corrected chi connectivity index (χ4v) is 4.10. The number of rotatable bonds is 2. The summed E-state index contributed by atoms with van der Waals surface area (Å²) in [5.74, 6) is -0.819. The van der Waals surface area contributed by atoms with Crippen LogP contribution in [0.4, 0.5) is 0 Å². The minimum absolute atomic E-state index is 0.169. The van der Waals surface area contributed by atoms with Crippen LogP contribution in [0.5, 0.6) is 0 Å². The van der Waals surface area contributed by atoms with Gasteiger partial charge in [-0.3, -0.25) is 4.55 Å². The number of halogens is 1. The summed E-state index contributed by atoms with van der Waals surface area (Å²) in [6.45, 7) is 0. The molecular formula is C10H7ClO5S2. The van der Waals surface area contributed by atoms with Gasteiger partial charge < -0.3 is 4.74 Å². The molecule has 2 rings (SSSR count). The molecule has 0 radical (unpaired) electrons. The lowest BCUT2D eigenvalue weighted by Gasteiger charge is -1.99. The van der Waals surface area contributed by atoms with Gasteiger partial charge in [0.1, 0.15) is 9.77 Å². The van der Waals surface area contributed by atoms with Crippen LogP contribution in [-0.4, -0.2) is 26.0 Å². The Kier molecular flexibility index (Phi) is 3.33. The van der Waals surface area contributed by atoms with E-state index in [4.69, 9.17) is 11.6 Å². The van der Waals surface area contributed by atoms with Gasteiger partial charge in [-0.1, -0.05) is 17.7 Å². The molecule has 2 aromatic rings. The first-order valence-corrected chi connectivity index (χ1v) is 7.26. The quantitative estimate of drug-likeness (QED) is 0.681. The Morgan fingerprint density at radius 1 is 1.44 bits per heavy atom. The van der Waals surface area contributed by atoms with Crippen LogP contribution in [0, 0.1) is 0 Å². The molecule has 0 atom stereocenters. The van der Waals surface area contributed by atoms with Crippen LogP contribution in [0.15, 0.2) is 23.1 Å². The molecule has 0 saturated heterocycles. The van der Waals surface area contributed by atoms with Crippen molar-refractivity contribution >= 4 is 49.1 Å². The van der Waals surface area contributed by atoms with Crippen LogP contribution in [0.2, 0.25) is 5.02 Å². The third-order valence-corrected chi connectivity index (χ3v) is 4.67. The first-order valence-electron chi connectivity index (χ1n) is 4.62. The second-order valence-electron chi connectivity index (χ2n) is 3.37. The third kappa shape index (κ3) is 2.22. The molecule has 5 nitrogen and oxygen atoms in total. The average molecular weight is 307 g/mol. The minimum atomic E-state index is -4.52. The molecule has 0 bridgehead atoms. The minimum Gasteiger partial charge on any atom is -0.465 e. The zero-order chi connectivity index (χ0) is 13.5. The van der Waals surface area contributed by atoms with Crippen LogP contribution in [0.25, 0.3) is 10.1 Å². The average Bonchev–Trinajstić information content (AvgIpc) is 2.65. The van der Waals surface area contributed by atoms with E-state index in [1.807, 2.05) is 0 Å². The van der Waals surface area contributed by atoms with E-state index in [2.05, 4.69) is 4.74 Å². The Hall–Kier alpha value is -1.15. The number of benzene rings is 1. The molecule has 0 aliphatic carbocycles. The first-order chi connectivity index (χ1) is 8.34. The number of hydrogen-bond acceptors (Lipinski definition) is 5. The zero-order valence-electron chi connectivity index (χ0n) is 9.01. The summed E-state index contributed by atoms with van der Waals surface area (Å²) in [6, 6.07) is 4.43. The summed E-state index contributed by atoms with van der Waals surface area (Å²) in [4.78, 5) is 10.9. The van der Waals surface area contributed by atoms with E-state index in [0.717, 1.165) is 18.4 Å². The van der Waals surface area contributed by atoms with Crippen molar-refractivity contribution in [2.24, 2.45) is 0 Å². The molecule has 8 heteroatoms. The summed E-state index contributed by atoms with van der Waals surface area (Å²) in [5.41, 5.74) is 0. The fourth-order valence-electron chi connectivity index (χ4n) is 1.53. The van der Waals surface area contributed by atoms with Crippen molar-refractivity contribution in [2.45, 2.75) is 4.90 Å². The zero-order valence-corrected chi connectivity index (χ0v) is 11.4. The van der Waals surface area contributed by atoms with Gasteiger partial charge in [0, 0.05) is 15.1 Å². The normalized spacial score (nSPS) is 11.7. The maximum atomic E-state index is 11.5. The number of carbonyl (C=O) groups is 1. The lowest BCUT2D eigenvalue weighted by molar-refractivity contribution is 0.0602. The fraction of sp³-hybridized carbons (Fsp3) is 0.100. The number of carbonyl (C=O) groups excluding carboxylic acids is 1. The van der Waals surface area contributed by atoms with Gasteiger partial charge in [0.2, 0.25) is 0 Å². The molecule has 0 saturated carbocycles. The number of hydrogen-bond donors (Lipinski definition) is 1. The summed E-state index contributed by atoms with van der Waals surface area (Å²) in [7, 11) is -3.39. The Labute approximate surface area is 112 Å². The molecule has 18 heavy (non-hydrogen) atoms. The highest BCUT2D eigenvalue weighted by molar-refractivity contribution is 7.86. The van der Waals surface area contributed by atoms with E-state index in [0.29, 0.717) is 9.72 Å². The summed E-state index contributed by atoms with van der Waals surface area (Å²) in [5, 5.41) is 0.648. The van der Waals surface area contributed by atoms with Crippen LogP contribution in [0.1, 0.15) is 9.67 Å². The van der Waals surface area contributed by atoms with Gasteiger partial charge in [-0.15, -0.1) is 11.3 Å². The third-order valence-electron chi connectivity index (χ3n) is 2.24. The number of thiophene rings is 1. The van der Waals surface area contributed by atoms with Crippen LogP contribution in [0.3, 0.4) is 0 Å². The number of esters is 1. The predicted octanol–water partition coefficient (Wildman–Crippen LogP) is 2.59. The molecule has 0 spiro atoms. The van der Waals surface area contributed by atoms with Gasteiger partial charge in [0.05, 0.1) is 7.11 Å². The molecule has 1 N–H and O–H groups in total. The summed E-state index contributed by atoms with van der Waals surface area (Å²) >= 11 is 6.69. The monoisotopic (exact) mass is 306 g/mol. The van der Waals surface area contributed by atoms with E-state index in [1.54, 1.807) is 0 Å². The highest BCUT2D eigenvalue weighted by atomic mass is 35.5. The molecule has 1 heterocycles. The molecule has 0 unspecified atom stereocenters. The van der Waals surface area contributed by atoms with Crippen molar-refractivity contribution < 1.29 is 22.5 Å². The standard InChI is InChI=1S/C10H7ClO5S2/c1-16-10(12)8-9(18(13,14)15)6-3-2-5(11)4-7(6)17-8/h2-4H,1H3,(H,13,14,15). The Balaban J connectivity index is 2.89. The van der Waals surface area contributed by atoms with E-state index in [1.165, 1.54) is 18.2 Å². The second kappa shape index (κ2) is 4.51. The van der Waals surface area contributed by atoms with E-state index in [-0.39, 0.29) is 10.3 Å². The molecule has 96 valence electrons. The van der Waals surface area contributed by atoms with E-state index in [9.17, 15) is 17.8 Å². The maximum Gasteiger partial charge on any atom is 0.349 e. The van der Waals surface area contributed by atoms with Gasteiger partial charge in [0.15, 0.2) is 0 Å². The molecular weight excluding hydrogens is 300 g/mol. The van der Waals surface area contributed by atoms with Gasteiger partial charge in [-0.05, 0) is 12.1 Å². The molecule has 0 amide bonds. The van der Waals surface area contributed by atoms with Crippen molar-refractivity contribution in [2.75, 3.05) is 7.11 Å². The van der Waals surface area contributed by atoms with Crippen LogP contribution >= 0.6 is 22.9 Å². The highest BCUT2D eigenvalue weighted by Crippen LogP contribution is 2.36. The Morgan fingerprint density at radius 2 is 2.11 bits per heavy atom. The first kappa shape index (κ1) is 13.3. The predicted molar refractivity (Wildman–Crippen MR) is 68.0 cm³/mol. The van der Waals surface area contributed by atoms with Crippen molar-refractivity contribution in [1.82, 2.24) is 0 Å². The van der Waals surface area contributed by atoms with Gasteiger partial charge in [0.25, 0.3) is 10.1 Å². The van der Waals surface area contributed by atoms with Crippen molar-refractivity contribution in [3.05, 3.63) is 28.1 Å². The van der Waals surface area contributed by atoms with Crippen LogP contribution < -0.4 is 0 Å². The van der Waals surface area contributed by atoms with Crippen molar-refractivity contribution in [1.29, 1.82) is 0 Å². The second-order valence-corrected chi connectivity index (χ2v) is 6.21. The van der Waals surface area contributed by atoms with Gasteiger partial charge in [-0.2, -0.15) is 8.42 Å². The van der Waals surface area contributed by atoms with Gasteiger partial charge >= 0.3 is 5.97 Å².